The van der Waals surface area contributed by atoms with Gasteiger partial charge in [-0.15, -0.1) is 0 Å². The Morgan fingerprint density at radius 2 is 2.00 bits per heavy atom. The Morgan fingerprint density at radius 1 is 1.09 bits per heavy atom. The molecule has 0 fully saturated rings. The molecule has 0 radical (unpaired) electrons. The molecular weight excluding hydrogens is 286 g/mol. The molecule has 0 unspecified atom stereocenters. The van der Waals surface area contributed by atoms with Gasteiger partial charge in [-0.3, -0.25) is 0 Å². The number of hydrogen-bond acceptors (Lipinski definition) is 3. The Balaban J connectivity index is 1.60. The van der Waals surface area contributed by atoms with E-state index < -0.39 is 0 Å². The summed E-state index contributed by atoms with van der Waals surface area (Å²) in [5.74, 6) is 0.664. The number of aromatic nitrogens is 2. The van der Waals surface area contributed by atoms with E-state index in [1.165, 1.54) is 11.1 Å². The third kappa shape index (κ3) is 2.98. The van der Waals surface area contributed by atoms with Gasteiger partial charge in [0.2, 0.25) is 5.88 Å². The first kappa shape index (κ1) is 14.0. The Hall–Kier alpha value is -2.59. The summed E-state index contributed by atoms with van der Waals surface area (Å²) < 4.78 is 5.86. The molecular formula is C19H19N3O. The average molecular weight is 305 g/mol. The summed E-state index contributed by atoms with van der Waals surface area (Å²) in [5, 5.41) is 3.34. The van der Waals surface area contributed by atoms with E-state index >= 15 is 0 Å². The van der Waals surface area contributed by atoms with E-state index in [-0.39, 0.29) is 0 Å². The SMILES string of the molecule is C1=C(c2c[nH]c3ccc(OCc4ccccc4)nc23)CCNC1. The van der Waals surface area contributed by atoms with Crippen molar-refractivity contribution in [1.29, 1.82) is 0 Å². The van der Waals surface area contributed by atoms with E-state index in [9.17, 15) is 0 Å². The first-order chi connectivity index (χ1) is 11.4. The molecule has 4 nitrogen and oxygen atoms in total. The highest BCUT2D eigenvalue weighted by molar-refractivity contribution is 5.90. The zero-order valence-electron chi connectivity index (χ0n) is 12.9. The second-order valence-corrected chi connectivity index (χ2v) is 5.71. The summed E-state index contributed by atoms with van der Waals surface area (Å²) in [6.07, 6.45) is 5.32. The van der Waals surface area contributed by atoms with Gasteiger partial charge in [-0.2, -0.15) is 0 Å². The van der Waals surface area contributed by atoms with Crippen molar-refractivity contribution in [2.75, 3.05) is 13.1 Å². The quantitative estimate of drug-likeness (QED) is 0.775. The predicted octanol–water partition coefficient (Wildman–Crippen LogP) is 3.52. The molecule has 3 aromatic rings. The van der Waals surface area contributed by atoms with E-state index in [4.69, 9.17) is 9.72 Å². The Morgan fingerprint density at radius 3 is 2.83 bits per heavy atom. The summed E-state index contributed by atoms with van der Waals surface area (Å²) in [6, 6.07) is 14.1. The standard InChI is InChI=1S/C19H19N3O/c1-2-4-14(5-3-1)13-23-18-7-6-17-19(22-18)16(12-21-17)15-8-10-20-11-9-15/h1-8,12,20-21H,9-11,13H2. The molecule has 2 N–H and O–H groups in total. The largest absolute Gasteiger partial charge is 0.473 e. The monoisotopic (exact) mass is 305 g/mol. The molecule has 23 heavy (non-hydrogen) atoms. The van der Waals surface area contributed by atoms with Crippen LogP contribution in [0, 0.1) is 0 Å². The van der Waals surface area contributed by atoms with Crippen LogP contribution in [0.25, 0.3) is 16.6 Å². The molecule has 0 saturated carbocycles. The number of hydrogen-bond donors (Lipinski definition) is 2. The fraction of sp³-hybridized carbons (Fsp3) is 0.211. The van der Waals surface area contributed by atoms with Crippen LogP contribution < -0.4 is 10.1 Å². The van der Waals surface area contributed by atoms with E-state index in [0.29, 0.717) is 12.5 Å². The van der Waals surface area contributed by atoms with Crippen LogP contribution >= 0.6 is 0 Å². The first-order valence-corrected chi connectivity index (χ1v) is 7.95. The summed E-state index contributed by atoms with van der Waals surface area (Å²) >= 11 is 0. The van der Waals surface area contributed by atoms with Crippen molar-refractivity contribution >= 4 is 16.6 Å². The highest BCUT2D eigenvalue weighted by atomic mass is 16.5. The molecule has 0 spiro atoms. The van der Waals surface area contributed by atoms with Gasteiger partial charge in [-0.1, -0.05) is 36.4 Å². The van der Waals surface area contributed by atoms with Crippen LogP contribution in [0.4, 0.5) is 0 Å². The number of H-pyrrole nitrogens is 1. The molecule has 0 saturated heterocycles. The number of ether oxygens (including phenoxy) is 1. The van der Waals surface area contributed by atoms with Crippen molar-refractivity contribution in [3.05, 3.63) is 65.9 Å². The highest BCUT2D eigenvalue weighted by Crippen LogP contribution is 2.28. The number of pyridine rings is 1. The fourth-order valence-corrected chi connectivity index (χ4v) is 2.91. The van der Waals surface area contributed by atoms with Crippen molar-refractivity contribution in [2.45, 2.75) is 13.0 Å². The van der Waals surface area contributed by atoms with Crippen molar-refractivity contribution in [2.24, 2.45) is 0 Å². The van der Waals surface area contributed by atoms with Gasteiger partial charge in [0, 0.05) is 24.4 Å². The number of nitrogens with zero attached hydrogens (tertiary/aromatic N) is 1. The van der Waals surface area contributed by atoms with Gasteiger partial charge >= 0.3 is 0 Å². The minimum Gasteiger partial charge on any atom is -0.473 e. The van der Waals surface area contributed by atoms with Gasteiger partial charge in [0.15, 0.2) is 0 Å². The minimum absolute atomic E-state index is 0.533. The lowest BCUT2D eigenvalue weighted by Gasteiger charge is -2.13. The lowest BCUT2D eigenvalue weighted by molar-refractivity contribution is 0.295. The van der Waals surface area contributed by atoms with E-state index in [0.717, 1.165) is 36.1 Å². The van der Waals surface area contributed by atoms with Crippen LogP contribution in [0.5, 0.6) is 5.88 Å². The maximum absolute atomic E-state index is 5.86. The van der Waals surface area contributed by atoms with Gasteiger partial charge in [-0.05, 0) is 30.2 Å². The molecule has 1 aliphatic heterocycles. The van der Waals surface area contributed by atoms with Gasteiger partial charge in [0.25, 0.3) is 0 Å². The van der Waals surface area contributed by atoms with E-state index in [1.54, 1.807) is 0 Å². The topological polar surface area (TPSA) is 49.9 Å². The van der Waals surface area contributed by atoms with Gasteiger partial charge in [0.05, 0.1) is 11.0 Å². The van der Waals surface area contributed by atoms with Gasteiger partial charge in [0.1, 0.15) is 6.61 Å². The lowest BCUT2D eigenvalue weighted by Crippen LogP contribution is -2.19. The smallest absolute Gasteiger partial charge is 0.214 e. The molecule has 116 valence electrons. The van der Waals surface area contributed by atoms with Crippen molar-refractivity contribution in [3.8, 4) is 5.88 Å². The highest BCUT2D eigenvalue weighted by Gasteiger charge is 2.13. The molecule has 0 atom stereocenters. The second-order valence-electron chi connectivity index (χ2n) is 5.71. The van der Waals surface area contributed by atoms with Crippen LogP contribution in [0.3, 0.4) is 0 Å². The summed E-state index contributed by atoms with van der Waals surface area (Å²) in [4.78, 5) is 8.02. The number of fused-ring (bicyclic) bond motifs is 1. The number of benzene rings is 1. The molecule has 0 amide bonds. The van der Waals surface area contributed by atoms with Crippen molar-refractivity contribution < 1.29 is 4.74 Å². The van der Waals surface area contributed by atoms with E-state index in [2.05, 4.69) is 34.7 Å². The summed E-state index contributed by atoms with van der Waals surface area (Å²) in [6.45, 7) is 2.47. The fourth-order valence-electron chi connectivity index (χ4n) is 2.91. The van der Waals surface area contributed by atoms with Crippen molar-refractivity contribution in [1.82, 2.24) is 15.3 Å². The number of aromatic amines is 1. The lowest BCUT2D eigenvalue weighted by atomic mass is 10.0. The van der Waals surface area contributed by atoms with Crippen LogP contribution in [0.15, 0.2) is 54.7 Å². The Labute approximate surface area is 135 Å². The van der Waals surface area contributed by atoms with Crippen LogP contribution in [0.1, 0.15) is 17.5 Å². The van der Waals surface area contributed by atoms with E-state index in [1.807, 2.05) is 30.3 Å². The molecule has 0 aliphatic carbocycles. The van der Waals surface area contributed by atoms with Crippen molar-refractivity contribution in [3.63, 3.8) is 0 Å². The maximum Gasteiger partial charge on any atom is 0.214 e. The third-order valence-corrected chi connectivity index (χ3v) is 4.14. The molecule has 1 aliphatic rings. The summed E-state index contributed by atoms with van der Waals surface area (Å²) in [7, 11) is 0. The van der Waals surface area contributed by atoms with Gasteiger partial charge in [-0.25, -0.2) is 4.98 Å². The average Bonchev–Trinajstić information content (AvgIpc) is 3.05. The zero-order chi connectivity index (χ0) is 15.5. The van der Waals surface area contributed by atoms with Gasteiger partial charge < -0.3 is 15.0 Å². The number of nitrogens with one attached hydrogen (secondary N) is 2. The predicted molar refractivity (Wildman–Crippen MR) is 92.3 cm³/mol. The van der Waals surface area contributed by atoms with Crippen LogP contribution in [0.2, 0.25) is 0 Å². The summed E-state index contributed by atoms with van der Waals surface area (Å²) in [5.41, 5.74) is 5.72. The molecule has 1 aromatic carbocycles. The molecule has 3 heterocycles. The zero-order valence-corrected chi connectivity index (χ0v) is 12.9. The first-order valence-electron chi connectivity index (χ1n) is 7.95. The van der Waals surface area contributed by atoms with Crippen LogP contribution in [-0.2, 0) is 6.61 Å². The normalized spacial score (nSPS) is 14.7. The minimum atomic E-state index is 0.533. The third-order valence-electron chi connectivity index (χ3n) is 4.14. The molecule has 2 aromatic heterocycles. The number of rotatable bonds is 4. The second kappa shape index (κ2) is 6.26. The van der Waals surface area contributed by atoms with Crippen LogP contribution in [-0.4, -0.2) is 23.1 Å². The molecule has 4 heteroatoms. The molecule has 0 bridgehead atoms. The Kier molecular flexibility index (Phi) is 3.82. The maximum atomic E-state index is 5.86. The Bertz CT molecular complexity index is 836. The molecule has 4 rings (SSSR count).